The highest BCUT2D eigenvalue weighted by atomic mass is 16.3. The molecule has 0 spiro atoms. The fourth-order valence-corrected chi connectivity index (χ4v) is 2.06. The van der Waals surface area contributed by atoms with Crippen molar-refractivity contribution in [2.75, 3.05) is 33.2 Å². The molecule has 0 radical (unpaired) electrons. The lowest BCUT2D eigenvalue weighted by molar-refractivity contribution is -0.125. The SMILES string of the molecule is C[C@@H]1CN(C)CCN1CC(=O)N[C@@H](C)C(C)(C)O. The Balaban J connectivity index is 2.41. The number of hydrogen-bond donors (Lipinski definition) is 2. The van der Waals surface area contributed by atoms with Crippen molar-refractivity contribution in [1.82, 2.24) is 15.1 Å². The minimum absolute atomic E-state index is 0.0129. The summed E-state index contributed by atoms with van der Waals surface area (Å²) in [6.07, 6.45) is 0. The van der Waals surface area contributed by atoms with Gasteiger partial charge in [-0.25, -0.2) is 0 Å². The molecule has 5 nitrogen and oxygen atoms in total. The van der Waals surface area contributed by atoms with E-state index in [0.29, 0.717) is 12.6 Å². The maximum Gasteiger partial charge on any atom is 0.234 e. The fourth-order valence-electron chi connectivity index (χ4n) is 2.06. The highest BCUT2D eigenvalue weighted by molar-refractivity contribution is 5.78. The van der Waals surface area contributed by atoms with Crippen molar-refractivity contribution >= 4 is 5.91 Å². The summed E-state index contributed by atoms with van der Waals surface area (Å²) >= 11 is 0. The molecule has 1 aliphatic rings. The maximum absolute atomic E-state index is 11.9. The van der Waals surface area contributed by atoms with E-state index >= 15 is 0 Å². The van der Waals surface area contributed by atoms with Gasteiger partial charge in [0.05, 0.1) is 18.2 Å². The van der Waals surface area contributed by atoms with E-state index in [1.165, 1.54) is 0 Å². The minimum atomic E-state index is -0.886. The van der Waals surface area contributed by atoms with Gasteiger partial charge < -0.3 is 15.3 Å². The number of piperazine rings is 1. The Hall–Kier alpha value is -0.650. The van der Waals surface area contributed by atoms with Crippen LogP contribution in [0.15, 0.2) is 0 Å². The third-order valence-corrected chi connectivity index (χ3v) is 3.75. The molecule has 0 aromatic heterocycles. The van der Waals surface area contributed by atoms with Crippen molar-refractivity contribution in [3.63, 3.8) is 0 Å². The highest BCUT2D eigenvalue weighted by Crippen LogP contribution is 2.09. The molecule has 1 saturated heterocycles. The van der Waals surface area contributed by atoms with Gasteiger partial charge in [-0.15, -0.1) is 0 Å². The molecular weight excluding hydrogens is 230 g/mol. The number of hydrogen-bond acceptors (Lipinski definition) is 4. The van der Waals surface area contributed by atoms with Gasteiger partial charge in [0.15, 0.2) is 0 Å². The summed E-state index contributed by atoms with van der Waals surface area (Å²) in [5, 5.41) is 12.6. The van der Waals surface area contributed by atoms with E-state index in [4.69, 9.17) is 0 Å². The van der Waals surface area contributed by atoms with Crippen LogP contribution < -0.4 is 5.32 Å². The van der Waals surface area contributed by atoms with Crippen molar-refractivity contribution < 1.29 is 9.90 Å². The van der Waals surface area contributed by atoms with Gasteiger partial charge in [0.1, 0.15) is 0 Å². The fraction of sp³-hybridized carbons (Fsp3) is 0.923. The molecular formula is C13H27N3O2. The molecule has 18 heavy (non-hydrogen) atoms. The summed E-state index contributed by atoms with van der Waals surface area (Å²) in [6, 6.07) is 0.153. The van der Waals surface area contributed by atoms with Crippen molar-refractivity contribution in [3.8, 4) is 0 Å². The zero-order valence-electron chi connectivity index (χ0n) is 12.2. The van der Waals surface area contributed by atoms with Crippen LogP contribution in [0, 0.1) is 0 Å². The minimum Gasteiger partial charge on any atom is -0.388 e. The lowest BCUT2D eigenvalue weighted by atomic mass is 10.0. The number of amides is 1. The lowest BCUT2D eigenvalue weighted by Gasteiger charge is -2.38. The van der Waals surface area contributed by atoms with Crippen molar-refractivity contribution in [1.29, 1.82) is 0 Å². The Morgan fingerprint density at radius 2 is 2.11 bits per heavy atom. The first-order valence-electron chi connectivity index (χ1n) is 6.64. The van der Waals surface area contributed by atoms with Crippen LogP contribution in [0.25, 0.3) is 0 Å². The molecule has 2 N–H and O–H groups in total. The molecule has 1 amide bonds. The topological polar surface area (TPSA) is 55.8 Å². The normalized spacial score (nSPS) is 24.9. The standard InChI is InChI=1S/C13H27N3O2/c1-10-8-15(5)6-7-16(10)9-12(17)14-11(2)13(3,4)18/h10-11,18H,6-9H2,1-5H3,(H,14,17)/t10-,11+/m1/s1. The monoisotopic (exact) mass is 257 g/mol. The molecule has 106 valence electrons. The lowest BCUT2D eigenvalue weighted by Crippen LogP contribution is -2.55. The molecule has 1 rings (SSSR count). The second-order valence-electron chi connectivity index (χ2n) is 6.02. The summed E-state index contributed by atoms with van der Waals surface area (Å²) in [5.74, 6) is -0.0129. The number of rotatable bonds is 4. The first-order chi connectivity index (χ1) is 8.20. The van der Waals surface area contributed by atoms with E-state index in [2.05, 4.69) is 29.1 Å². The second kappa shape index (κ2) is 5.99. The van der Waals surface area contributed by atoms with Crippen LogP contribution in [0.3, 0.4) is 0 Å². The third-order valence-electron chi connectivity index (χ3n) is 3.75. The largest absolute Gasteiger partial charge is 0.388 e. The maximum atomic E-state index is 11.9. The summed E-state index contributed by atoms with van der Waals surface area (Å²) in [7, 11) is 2.10. The molecule has 0 bridgehead atoms. The molecule has 0 aliphatic carbocycles. The zero-order valence-corrected chi connectivity index (χ0v) is 12.2. The zero-order chi connectivity index (χ0) is 13.9. The number of nitrogens with one attached hydrogen (secondary N) is 1. The highest BCUT2D eigenvalue weighted by Gasteiger charge is 2.27. The first-order valence-corrected chi connectivity index (χ1v) is 6.64. The van der Waals surface area contributed by atoms with E-state index in [1.54, 1.807) is 13.8 Å². The number of aliphatic hydroxyl groups is 1. The number of carbonyl (C=O) groups is 1. The van der Waals surface area contributed by atoms with E-state index < -0.39 is 5.60 Å². The van der Waals surface area contributed by atoms with Gasteiger partial charge in [-0.1, -0.05) is 0 Å². The molecule has 0 aromatic carbocycles. The van der Waals surface area contributed by atoms with E-state index in [9.17, 15) is 9.90 Å². The average Bonchev–Trinajstić information content (AvgIpc) is 2.20. The van der Waals surface area contributed by atoms with Gasteiger partial charge in [-0.2, -0.15) is 0 Å². The molecule has 1 aliphatic heterocycles. The van der Waals surface area contributed by atoms with Crippen molar-refractivity contribution in [2.45, 2.75) is 45.4 Å². The van der Waals surface area contributed by atoms with Gasteiger partial charge in [-0.3, -0.25) is 9.69 Å². The molecule has 1 fully saturated rings. The van der Waals surface area contributed by atoms with E-state index in [-0.39, 0.29) is 11.9 Å². The quantitative estimate of drug-likeness (QED) is 0.738. The summed E-state index contributed by atoms with van der Waals surface area (Å²) in [4.78, 5) is 16.4. The van der Waals surface area contributed by atoms with Crippen LogP contribution >= 0.6 is 0 Å². The predicted octanol–water partition coefficient (Wildman–Crippen LogP) is -0.102. The molecule has 2 atom stereocenters. The Kier molecular flexibility index (Phi) is 5.13. The van der Waals surface area contributed by atoms with E-state index in [0.717, 1.165) is 19.6 Å². The van der Waals surface area contributed by atoms with Crippen LogP contribution in [0.1, 0.15) is 27.7 Å². The van der Waals surface area contributed by atoms with E-state index in [1.807, 2.05) is 6.92 Å². The van der Waals surface area contributed by atoms with Gasteiger partial charge >= 0.3 is 0 Å². The van der Waals surface area contributed by atoms with Crippen LogP contribution in [0.4, 0.5) is 0 Å². The van der Waals surface area contributed by atoms with Crippen LogP contribution in [-0.2, 0) is 4.79 Å². The van der Waals surface area contributed by atoms with Gasteiger partial charge in [0.25, 0.3) is 0 Å². The summed E-state index contributed by atoms with van der Waals surface area (Å²) in [6.45, 7) is 10.7. The van der Waals surface area contributed by atoms with Gasteiger partial charge in [0.2, 0.25) is 5.91 Å². The summed E-state index contributed by atoms with van der Waals surface area (Å²) < 4.78 is 0. The molecule has 0 aromatic rings. The average molecular weight is 257 g/mol. The Labute approximate surface area is 110 Å². The number of carbonyl (C=O) groups excluding carboxylic acids is 1. The molecule has 1 heterocycles. The predicted molar refractivity (Wildman–Crippen MR) is 72.4 cm³/mol. The second-order valence-corrected chi connectivity index (χ2v) is 6.02. The summed E-state index contributed by atoms with van der Waals surface area (Å²) in [5.41, 5.74) is -0.886. The van der Waals surface area contributed by atoms with Crippen LogP contribution in [0.5, 0.6) is 0 Å². The van der Waals surface area contributed by atoms with Crippen LogP contribution in [0.2, 0.25) is 0 Å². The third kappa shape index (κ3) is 4.55. The Morgan fingerprint density at radius 3 is 2.61 bits per heavy atom. The van der Waals surface area contributed by atoms with Gasteiger partial charge in [0, 0.05) is 25.7 Å². The molecule has 0 saturated carbocycles. The van der Waals surface area contributed by atoms with Gasteiger partial charge in [-0.05, 0) is 34.7 Å². The van der Waals surface area contributed by atoms with Crippen molar-refractivity contribution in [3.05, 3.63) is 0 Å². The molecule has 0 unspecified atom stereocenters. The number of nitrogens with zero attached hydrogens (tertiary/aromatic N) is 2. The Bertz CT molecular complexity index is 288. The number of likely N-dealkylation sites (N-methyl/N-ethyl adjacent to an activating group) is 1. The van der Waals surface area contributed by atoms with Crippen LogP contribution in [-0.4, -0.2) is 71.7 Å². The molecule has 5 heteroatoms. The smallest absolute Gasteiger partial charge is 0.234 e. The Morgan fingerprint density at radius 1 is 1.50 bits per heavy atom. The first kappa shape index (κ1) is 15.4. The van der Waals surface area contributed by atoms with Crippen molar-refractivity contribution in [2.24, 2.45) is 0 Å².